The van der Waals surface area contributed by atoms with Crippen LogP contribution in [0.25, 0.3) is 0 Å². The van der Waals surface area contributed by atoms with Crippen LogP contribution in [-0.2, 0) is 25.8 Å². The molecule has 1 atom stereocenters. The van der Waals surface area contributed by atoms with Crippen LogP contribution in [0.2, 0.25) is 0 Å². The van der Waals surface area contributed by atoms with Crippen molar-refractivity contribution in [2.75, 3.05) is 12.4 Å². The number of furan rings is 1. The first-order chi connectivity index (χ1) is 9.74. The molecule has 20 heavy (non-hydrogen) atoms. The van der Waals surface area contributed by atoms with E-state index in [1.807, 2.05) is 11.3 Å². The average Bonchev–Trinajstić information content (AvgIpc) is 2.98. The molecule has 4 heteroatoms. The van der Waals surface area contributed by atoms with Gasteiger partial charge in [-0.3, -0.25) is 4.90 Å². The first-order valence-corrected chi connectivity index (χ1v) is 8.59. The predicted molar refractivity (Wildman–Crippen MR) is 82.7 cm³/mol. The third kappa shape index (κ3) is 2.03. The van der Waals surface area contributed by atoms with Crippen LogP contribution in [0.3, 0.4) is 0 Å². The van der Waals surface area contributed by atoms with Gasteiger partial charge in [-0.2, -0.15) is 0 Å². The highest BCUT2D eigenvalue weighted by Crippen LogP contribution is 2.41. The lowest BCUT2D eigenvalue weighted by Gasteiger charge is -2.38. The van der Waals surface area contributed by atoms with Gasteiger partial charge in [0.05, 0.1) is 0 Å². The van der Waals surface area contributed by atoms with Crippen molar-refractivity contribution in [3.63, 3.8) is 0 Å². The Hall–Kier alpha value is -0.770. The Morgan fingerprint density at radius 3 is 3.20 bits per heavy atom. The van der Waals surface area contributed by atoms with Crippen molar-refractivity contribution >= 4 is 22.9 Å². The summed E-state index contributed by atoms with van der Waals surface area (Å²) in [4.78, 5) is 5.63. The number of hydrogen-bond donors (Lipinski definition) is 0. The number of rotatable bonds is 2. The van der Waals surface area contributed by atoms with E-state index in [1.54, 1.807) is 10.4 Å². The second-order valence-electron chi connectivity index (χ2n) is 5.78. The molecule has 0 aliphatic carbocycles. The van der Waals surface area contributed by atoms with Crippen LogP contribution in [0.5, 0.6) is 0 Å². The summed E-state index contributed by atoms with van der Waals surface area (Å²) in [5, 5.41) is 0. The summed E-state index contributed by atoms with van der Waals surface area (Å²) in [5.74, 6) is 2.86. The zero-order valence-electron chi connectivity index (χ0n) is 11.6. The third-order valence-corrected chi connectivity index (χ3v) is 5.75. The molecule has 2 aromatic rings. The molecule has 0 unspecified atom stereocenters. The molecule has 0 amide bonds. The topological polar surface area (TPSA) is 16.4 Å². The number of hydrogen-bond acceptors (Lipinski definition) is 3. The Morgan fingerprint density at radius 1 is 1.45 bits per heavy atom. The minimum Gasteiger partial charge on any atom is -0.466 e. The van der Waals surface area contributed by atoms with Gasteiger partial charge in [0.15, 0.2) is 0 Å². The minimum atomic E-state index is 0.520. The van der Waals surface area contributed by atoms with E-state index in [1.165, 1.54) is 29.2 Å². The van der Waals surface area contributed by atoms with Crippen molar-refractivity contribution in [1.82, 2.24) is 4.90 Å². The highest BCUT2D eigenvalue weighted by molar-refractivity contribution is 7.12. The van der Waals surface area contributed by atoms with Gasteiger partial charge in [-0.25, -0.2) is 0 Å². The molecule has 0 radical (unpaired) electrons. The van der Waals surface area contributed by atoms with Gasteiger partial charge in [-0.15, -0.1) is 22.9 Å². The molecule has 0 bridgehead atoms. The van der Waals surface area contributed by atoms with E-state index in [2.05, 4.69) is 24.0 Å². The molecular weight excluding hydrogens is 290 g/mol. The number of thiophene rings is 1. The zero-order chi connectivity index (χ0) is 13.7. The van der Waals surface area contributed by atoms with E-state index >= 15 is 0 Å². The van der Waals surface area contributed by atoms with Crippen molar-refractivity contribution in [3.8, 4) is 0 Å². The molecule has 2 aliphatic rings. The van der Waals surface area contributed by atoms with Crippen LogP contribution in [-0.4, -0.2) is 17.3 Å². The Labute approximate surface area is 128 Å². The second kappa shape index (κ2) is 4.90. The number of aryl methyl sites for hydroxylation is 2. The summed E-state index contributed by atoms with van der Waals surface area (Å²) in [7, 11) is 0. The van der Waals surface area contributed by atoms with Crippen LogP contribution < -0.4 is 0 Å². The highest BCUT2D eigenvalue weighted by Gasteiger charge is 2.34. The van der Waals surface area contributed by atoms with Crippen LogP contribution in [0.15, 0.2) is 16.5 Å². The first kappa shape index (κ1) is 12.9. The van der Waals surface area contributed by atoms with E-state index in [4.69, 9.17) is 16.0 Å². The fourth-order valence-corrected chi connectivity index (χ4v) is 4.80. The van der Waals surface area contributed by atoms with E-state index in [0.29, 0.717) is 11.9 Å². The molecule has 0 N–H and O–H groups in total. The summed E-state index contributed by atoms with van der Waals surface area (Å²) in [6.45, 7) is 4.42. The fraction of sp³-hybridized carbons (Fsp3) is 0.500. The standard InChI is InChI=1S/C16H18ClNOS/c1-10-6-13-14-8-15-11(7-12(19-15)2-4-17)9-18(14)5-3-16(13)20-10/h6-7,14H,2-5,8-9H2,1H3/t14-/m0/s1. The fourth-order valence-electron chi connectivity index (χ4n) is 3.53. The molecule has 2 aromatic heterocycles. The minimum absolute atomic E-state index is 0.520. The van der Waals surface area contributed by atoms with Crippen molar-refractivity contribution < 1.29 is 4.42 Å². The van der Waals surface area contributed by atoms with E-state index in [0.717, 1.165) is 25.1 Å². The van der Waals surface area contributed by atoms with Gasteiger partial charge in [0.2, 0.25) is 0 Å². The van der Waals surface area contributed by atoms with Gasteiger partial charge in [-0.05, 0) is 31.0 Å². The molecule has 4 rings (SSSR count). The summed E-state index contributed by atoms with van der Waals surface area (Å²) < 4.78 is 6.01. The molecule has 0 aromatic carbocycles. The van der Waals surface area contributed by atoms with Gasteiger partial charge >= 0.3 is 0 Å². The molecule has 2 nitrogen and oxygen atoms in total. The highest BCUT2D eigenvalue weighted by atomic mass is 35.5. The lowest BCUT2D eigenvalue weighted by molar-refractivity contribution is 0.152. The Bertz CT molecular complexity index is 645. The van der Waals surface area contributed by atoms with Crippen LogP contribution in [0, 0.1) is 6.92 Å². The van der Waals surface area contributed by atoms with Crippen molar-refractivity contribution in [2.45, 2.75) is 38.8 Å². The lowest BCUT2D eigenvalue weighted by Crippen LogP contribution is -2.38. The molecular formula is C16H18ClNOS. The number of alkyl halides is 1. The van der Waals surface area contributed by atoms with E-state index in [9.17, 15) is 0 Å². The largest absolute Gasteiger partial charge is 0.466 e. The van der Waals surface area contributed by atoms with Crippen LogP contribution in [0.1, 0.15) is 38.4 Å². The summed E-state index contributed by atoms with van der Waals surface area (Å²) in [5.41, 5.74) is 2.91. The average molecular weight is 308 g/mol. The molecule has 4 heterocycles. The molecule has 0 fully saturated rings. The maximum absolute atomic E-state index is 6.01. The maximum atomic E-state index is 6.01. The monoisotopic (exact) mass is 307 g/mol. The van der Waals surface area contributed by atoms with Crippen molar-refractivity contribution in [2.24, 2.45) is 0 Å². The smallest absolute Gasteiger partial charge is 0.110 e. The molecule has 0 spiro atoms. The van der Waals surface area contributed by atoms with Gasteiger partial charge in [0.1, 0.15) is 11.5 Å². The Morgan fingerprint density at radius 2 is 2.35 bits per heavy atom. The maximum Gasteiger partial charge on any atom is 0.110 e. The van der Waals surface area contributed by atoms with Gasteiger partial charge in [0.25, 0.3) is 0 Å². The van der Waals surface area contributed by atoms with E-state index in [-0.39, 0.29) is 0 Å². The van der Waals surface area contributed by atoms with Gasteiger partial charge in [0, 0.05) is 53.2 Å². The number of halogens is 1. The normalized spacial score (nSPS) is 21.4. The molecule has 0 saturated carbocycles. The molecule has 0 saturated heterocycles. The van der Waals surface area contributed by atoms with Gasteiger partial charge < -0.3 is 4.42 Å². The third-order valence-electron chi connectivity index (χ3n) is 4.43. The van der Waals surface area contributed by atoms with Crippen LogP contribution >= 0.6 is 22.9 Å². The molecule has 106 valence electrons. The Kier molecular flexibility index (Phi) is 3.17. The predicted octanol–water partition coefficient (Wildman–Crippen LogP) is 4.09. The zero-order valence-corrected chi connectivity index (χ0v) is 13.2. The van der Waals surface area contributed by atoms with E-state index < -0.39 is 0 Å². The van der Waals surface area contributed by atoms with Crippen molar-refractivity contribution in [3.05, 3.63) is 44.5 Å². The number of nitrogens with zero attached hydrogens (tertiary/aromatic N) is 1. The van der Waals surface area contributed by atoms with Crippen molar-refractivity contribution in [1.29, 1.82) is 0 Å². The quantitative estimate of drug-likeness (QED) is 0.777. The number of fused-ring (bicyclic) bond motifs is 4. The Balaban J connectivity index is 1.68. The van der Waals surface area contributed by atoms with Crippen LogP contribution in [0.4, 0.5) is 0 Å². The second-order valence-corrected chi connectivity index (χ2v) is 7.49. The molecule has 2 aliphatic heterocycles. The SMILES string of the molecule is Cc1cc2c(s1)CCN1Cc3cc(CCCl)oc3C[C@@H]21. The first-order valence-electron chi connectivity index (χ1n) is 7.24. The van der Waals surface area contributed by atoms with Gasteiger partial charge in [-0.1, -0.05) is 0 Å². The summed E-state index contributed by atoms with van der Waals surface area (Å²) in [6, 6.07) is 5.11. The summed E-state index contributed by atoms with van der Waals surface area (Å²) in [6.07, 6.45) is 3.05. The summed E-state index contributed by atoms with van der Waals surface area (Å²) >= 11 is 7.79. The lowest BCUT2D eigenvalue weighted by atomic mass is 9.91.